The van der Waals surface area contributed by atoms with Crippen LogP contribution in [0.15, 0.2) is 66.4 Å². The number of ether oxygens (including phenoxy) is 1. The van der Waals surface area contributed by atoms with Gasteiger partial charge in [-0.25, -0.2) is 0 Å². The molecule has 2 aromatic carbocycles. The Balaban J connectivity index is 1.59. The smallest absolute Gasteiger partial charge is 0.416 e. The number of methoxy groups -OCH3 is 1. The largest absolute Gasteiger partial charge is 0.468 e. The van der Waals surface area contributed by atoms with E-state index in [4.69, 9.17) is 4.74 Å². The number of nitrogens with zero attached hydrogens (tertiary/aromatic N) is 1. The summed E-state index contributed by atoms with van der Waals surface area (Å²) in [7, 11) is 1.32. The van der Waals surface area contributed by atoms with Gasteiger partial charge in [0.25, 0.3) is 0 Å². The molecule has 2 aromatic rings. The van der Waals surface area contributed by atoms with Crippen molar-refractivity contribution < 1.29 is 32.3 Å². The van der Waals surface area contributed by atoms with Crippen LogP contribution in [-0.4, -0.2) is 29.8 Å². The first-order chi connectivity index (χ1) is 18.3. The summed E-state index contributed by atoms with van der Waals surface area (Å²) in [4.78, 5) is 41.7. The van der Waals surface area contributed by atoms with E-state index in [0.29, 0.717) is 24.1 Å². The van der Waals surface area contributed by atoms with Gasteiger partial charge < -0.3 is 15.0 Å². The van der Waals surface area contributed by atoms with Crippen molar-refractivity contribution in [3.05, 3.63) is 83.1 Å². The Labute approximate surface area is 226 Å². The molecule has 1 aliphatic heterocycles. The van der Waals surface area contributed by atoms with Crippen LogP contribution in [0.5, 0.6) is 0 Å². The average Bonchev–Trinajstić information content (AvgIpc) is 2.89. The van der Waals surface area contributed by atoms with E-state index < -0.39 is 34.9 Å². The number of fused-ring (bicyclic) bond motifs is 1. The summed E-state index contributed by atoms with van der Waals surface area (Å²) in [5.41, 5.74) is -0.331. The molecule has 2 amide bonds. The Morgan fingerprint density at radius 1 is 1.08 bits per heavy atom. The first-order valence-corrected chi connectivity index (χ1v) is 12.9. The van der Waals surface area contributed by atoms with Crippen molar-refractivity contribution in [2.24, 2.45) is 16.7 Å². The molecule has 4 rings (SSSR count). The normalized spacial score (nSPS) is 22.5. The maximum absolute atomic E-state index is 13.8. The van der Waals surface area contributed by atoms with Crippen molar-refractivity contribution in [3.8, 4) is 0 Å². The van der Waals surface area contributed by atoms with Crippen molar-refractivity contribution in [3.63, 3.8) is 0 Å². The highest BCUT2D eigenvalue weighted by atomic mass is 19.4. The molecule has 1 aliphatic carbocycles. The first-order valence-electron chi connectivity index (χ1n) is 12.9. The zero-order valence-electron chi connectivity index (χ0n) is 22.3. The molecule has 0 radical (unpaired) electrons. The Morgan fingerprint density at radius 2 is 1.77 bits per heavy atom. The van der Waals surface area contributed by atoms with E-state index in [1.54, 1.807) is 4.90 Å². The fourth-order valence-corrected chi connectivity index (χ4v) is 5.84. The van der Waals surface area contributed by atoms with Gasteiger partial charge in [-0.15, -0.1) is 0 Å². The standard InChI is InChI=1S/C30H33F3N2O4/c1-28(2)13-12-24-29(19-28,27(38)39-3)16-22(26(37)35(24)18-20-8-5-4-6-9-20)15-25(36)34-17-21-10-7-11-23(14-21)30(31,32)33/h4-12,14,22H,13,15-19H2,1-3H3,(H,34,36)/t22-,29-/m1/s1. The van der Waals surface area contributed by atoms with E-state index in [1.807, 2.05) is 36.4 Å². The number of likely N-dealkylation sites (tertiary alicyclic amines) is 1. The zero-order chi connectivity index (χ0) is 28.4. The Kier molecular flexibility index (Phi) is 7.91. The van der Waals surface area contributed by atoms with Crippen LogP contribution in [0.3, 0.4) is 0 Å². The van der Waals surface area contributed by atoms with E-state index in [1.165, 1.54) is 19.2 Å². The van der Waals surface area contributed by atoms with Gasteiger partial charge in [0.15, 0.2) is 0 Å². The third kappa shape index (κ3) is 6.18. The predicted octanol–water partition coefficient (Wildman–Crippen LogP) is 5.62. The maximum atomic E-state index is 13.8. The number of carbonyl (C=O) groups excluding carboxylic acids is 3. The minimum absolute atomic E-state index is 0.113. The Morgan fingerprint density at radius 3 is 2.44 bits per heavy atom. The molecule has 0 saturated carbocycles. The van der Waals surface area contributed by atoms with Crippen molar-refractivity contribution in [2.45, 2.75) is 58.8 Å². The van der Waals surface area contributed by atoms with Crippen LogP contribution in [-0.2, 0) is 38.4 Å². The maximum Gasteiger partial charge on any atom is 0.416 e. The van der Waals surface area contributed by atoms with E-state index in [-0.39, 0.29) is 37.3 Å². The van der Waals surface area contributed by atoms with E-state index in [9.17, 15) is 27.6 Å². The number of piperidine rings is 1. The van der Waals surface area contributed by atoms with Gasteiger partial charge in [-0.05, 0) is 47.9 Å². The van der Waals surface area contributed by atoms with Crippen molar-refractivity contribution >= 4 is 17.8 Å². The van der Waals surface area contributed by atoms with E-state index >= 15 is 0 Å². The van der Waals surface area contributed by atoms with E-state index in [2.05, 4.69) is 19.2 Å². The van der Waals surface area contributed by atoms with Crippen LogP contribution in [0.2, 0.25) is 0 Å². The highest BCUT2D eigenvalue weighted by Crippen LogP contribution is 2.55. The fourth-order valence-electron chi connectivity index (χ4n) is 5.84. The number of hydrogen-bond acceptors (Lipinski definition) is 4. The molecule has 1 N–H and O–H groups in total. The van der Waals surface area contributed by atoms with Crippen LogP contribution < -0.4 is 5.32 Å². The van der Waals surface area contributed by atoms with Gasteiger partial charge in [0.2, 0.25) is 11.8 Å². The number of benzene rings is 2. The quantitative estimate of drug-likeness (QED) is 0.461. The number of halogens is 3. The van der Waals surface area contributed by atoms with Gasteiger partial charge in [-0.3, -0.25) is 14.4 Å². The molecule has 1 saturated heterocycles. The first kappa shape index (κ1) is 28.4. The molecule has 1 fully saturated rings. The summed E-state index contributed by atoms with van der Waals surface area (Å²) in [5, 5.41) is 2.65. The lowest BCUT2D eigenvalue weighted by atomic mass is 9.59. The number of allylic oxidation sites excluding steroid dienone is 1. The topological polar surface area (TPSA) is 75.7 Å². The SMILES string of the molecule is COC(=O)[C@@]12C[C@@H](CC(=O)NCc3cccc(C(F)(F)F)c3)C(=O)N(Cc3ccccc3)C1=CCC(C)(C)C2. The second-order valence-corrected chi connectivity index (χ2v) is 11.2. The van der Waals surface area contributed by atoms with Crippen LogP contribution >= 0.6 is 0 Å². The number of hydrogen-bond donors (Lipinski definition) is 1. The minimum Gasteiger partial charge on any atom is -0.468 e. The second-order valence-electron chi connectivity index (χ2n) is 11.2. The molecule has 208 valence electrons. The highest BCUT2D eigenvalue weighted by molar-refractivity contribution is 5.92. The minimum atomic E-state index is -4.49. The molecule has 0 unspecified atom stereocenters. The average molecular weight is 543 g/mol. The zero-order valence-corrected chi connectivity index (χ0v) is 22.3. The monoisotopic (exact) mass is 542 g/mol. The van der Waals surface area contributed by atoms with Crippen LogP contribution in [0.25, 0.3) is 0 Å². The summed E-state index contributed by atoms with van der Waals surface area (Å²) in [6.45, 7) is 4.24. The van der Waals surface area contributed by atoms with Gasteiger partial charge in [0, 0.05) is 24.6 Å². The molecule has 9 heteroatoms. The summed E-state index contributed by atoms with van der Waals surface area (Å²) in [6, 6.07) is 14.1. The molecule has 0 spiro atoms. The molecule has 2 aliphatic rings. The van der Waals surface area contributed by atoms with Crippen LogP contribution in [0.1, 0.15) is 56.2 Å². The van der Waals surface area contributed by atoms with Crippen molar-refractivity contribution in [2.75, 3.05) is 7.11 Å². The summed E-state index contributed by atoms with van der Waals surface area (Å²) >= 11 is 0. The molecule has 39 heavy (non-hydrogen) atoms. The van der Waals surface area contributed by atoms with Gasteiger partial charge in [-0.1, -0.05) is 62.4 Å². The molecular weight excluding hydrogens is 509 g/mol. The lowest BCUT2D eigenvalue weighted by molar-refractivity contribution is -0.162. The molecule has 0 bridgehead atoms. The lowest BCUT2D eigenvalue weighted by Gasteiger charge is -2.51. The third-order valence-electron chi connectivity index (χ3n) is 7.55. The highest BCUT2D eigenvalue weighted by Gasteiger charge is 2.57. The van der Waals surface area contributed by atoms with Crippen LogP contribution in [0.4, 0.5) is 13.2 Å². The van der Waals surface area contributed by atoms with Crippen molar-refractivity contribution in [1.29, 1.82) is 0 Å². The number of carbonyl (C=O) groups is 3. The number of rotatable bonds is 7. The molecule has 0 aromatic heterocycles. The number of nitrogens with one attached hydrogen (secondary N) is 1. The fraction of sp³-hybridized carbons (Fsp3) is 0.433. The molecular formula is C30H33F3N2O4. The van der Waals surface area contributed by atoms with Gasteiger partial charge in [-0.2, -0.15) is 13.2 Å². The summed E-state index contributed by atoms with van der Waals surface area (Å²) in [6.07, 6.45) is -1.48. The van der Waals surface area contributed by atoms with Crippen LogP contribution in [0, 0.1) is 16.7 Å². The third-order valence-corrected chi connectivity index (χ3v) is 7.55. The number of alkyl halides is 3. The van der Waals surface area contributed by atoms with E-state index in [0.717, 1.165) is 17.7 Å². The predicted molar refractivity (Wildman–Crippen MR) is 139 cm³/mol. The van der Waals surface area contributed by atoms with Gasteiger partial charge in [0.1, 0.15) is 5.41 Å². The Bertz CT molecular complexity index is 1270. The summed E-state index contributed by atoms with van der Waals surface area (Å²) < 4.78 is 44.4. The molecule has 1 heterocycles. The number of amides is 2. The second kappa shape index (κ2) is 10.9. The van der Waals surface area contributed by atoms with Crippen molar-refractivity contribution in [1.82, 2.24) is 10.2 Å². The lowest BCUT2D eigenvalue weighted by Crippen LogP contribution is -2.55. The van der Waals surface area contributed by atoms with Gasteiger partial charge in [0.05, 0.1) is 19.2 Å². The van der Waals surface area contributed by atoms with Gasteiger partial charge >= 0.3 is 12.1 Å². The number of esters is 1. The summed E-state index contributed by atoms with van der Waals surface area (Å²) in [5.74, 6) is -1.99. The Hall–Kier alpha value is -3.62. The molecule has 6 nitrogen and oxygen atoms in total. The molecule has 2 atom stereocenters.